The van der Waals surface area contributed by atoms with Gasteiger partial charge in [0.1, 0.15) is 0 Å². The van der Waals surface area contributed by atoms with Crippen molar-refractivity contribution in [3.8, 4) is 47.9 Å². The highest BCUT2D eigenvalue weighted by Crippen LogP contribution is 2.03. The standard InChI is InChI=1S/C16H8.9H2/c1-3-5-6-7-8-9-10-16-13-11-15(4-2)12-14-16;;;;;;;;;/h1,4,11-14H,2H2;9*1H. The molecule has 0 aliphatic carbocycles. The summed E-state index contributed by atoms with van der Waals surface area (Å²) >= 11 is 0. The Morgan fingerprint density at radius 1 is 1.00 bits per heavy atom. The van der Waals surface area contributed by atoms with E-state index < -0.39 is 0 Å². The van der Waals surface area contributed by atoms with E-state index in [0.717, 1.165) is 11.1 Å². The topological polar surface area (TPSA) is 0 Å². The van der Waals surface area contributed by atoms with Gasteiger partial charge in [-0.1, -0.05) is 30.7 Å². The van der Waals surface area contributed by atoms with E-state index in [0.29, 0.717) is 0 Å². The van der Waals surface area contributed by atoms with Crippen molar-refractivity contribution in [2.45, 2.75) is 0 Å². The first-order chi connectivity index (χ1) is 7.86. The Kier molecular flexibility index (Phi) is 4.67. The van der Waals surface area contributed by atoms with E-state index in [4.69, 9.17) is 6.42 Å². The second kappa shape index (κ2) is 6.62. The van der Waals surface area contributed by atoms with Crippen molar-refractivity contribution < 1.29 is 12.8 Å². The Morgan fingerprint density at radius 3 is 2.25 bits per heavy atom. The maximum absolute atomic E-state index is 4.93. The Morgan fingerprint density at radius 2 is 1.62 bits per heavy atom. The molecule has 1 aromatic rings. The minimum absolute atomic E-state index is 0. The maximum atomic E-state index is 4.93. The molecule has 0 nitrogen and oxygen atoms in total. The van der Waals surface area contributed by atoms with Crippen LogP contribution in [0.2, 0.25) is 0 Å². The van der Waals surface area contributed by atoms with E-state index in [1.165, 1.54) is 0 Å². The van der Waals surface area contributed by atoms with Gasteiger partial charge in [0, 0.05) is 18.4 Å². The van der Waals surface area contributed by atoms with Gasteiger partial charge in [0.05, 0.1) is 0 Å². The first kappa shape index (κ1) is 11.3. The van der Waals surface area contributed by atoms with Gasteiger partial charge in [-0.2, -0.15) is 0 Å². The van der Waals surface area contributed by atoms with Crippen molar-refractivity contribution in [1.29, 1.82) is 0 Å². The SMILES string of the molecule is C#CC#CC#CC#Cc1ccc(C=C)cc1.[HH].[HH].[HH].[HH].[HH].[HH].[HH].[HH].[HH]. The fourth-order valence-corrected chi connectivity index (χ4v) is 0.936. The van der Waals surface area contributed by atoms with Gasteiger partial charge in [0.2, 0.25) is 0 Å². The van der Waals surface area contributed by atoms with Crippen LogP contribution in [0.4, 0.5) is 0 Å². The Labute approximate surface area is 110 Å². The summed E-state index contributed by atoms with van der Waals surface area (Å²) in [6.07, 6.45) is 6.71. The molecule has 0 aliphatic rings. The van der Waals surface area contributed by atoms with Crippen molar-refractivity contribution >= 4 is 6.08 Å². The van der Waals surface area contributed by atoms with Crippen LogP contribution in [0.15, 0.2) is 30.8 Å². The molecule has 0 aliphatic heterocycles. The Hall–Kier alpha value is -2.80. The van der Waals surface area contributed by atoms with Crippen LogP contribution in [0.25, 0.3) is 6.08 Å². The van der Waals surface area contributed by atoms with Crippen LogP contribution in [-0.2, 0) is 0 Å². The zero-order valence-electron chi connectivity index (χ0n) is 8.67. The zero-order chi connectivity index (χ0) is 11.6. The molecule has 0 saturated heterocycles. The lowest BCUT2D eigenvalue weighted by molar-refractivity contribution is 1.61. The third kappa shape index (κ3) is 3.94. The molecular weight excluding hydrogens is 192 g/mol. The smallest absolute Gasteiger partial charge is 0.0255 e. The number of terminal acetylenes is 1. The summed E-state index contributed by atoms with van der Waals surface area (Å²) in [5.74, 6) is 17.7. The summed E-state index contributed by atoms with van der Waals surface area (Å²) in [6, 6.07) is 7.72. The molecule has 0 atom stereocenters. The monoisotopic (exact) mass is 218 g/mol. The maximum Gasteiger partial charge on any atom is 0.0255 e. The highest BCUT2D eigenvalue weighted by molar-refractivity contribution is 5.50. The number of rotatable bonds is 1. The minimum Gasteiger partial charge on any atom is -0.106 e. The third-order valence-corrected chi connectivity index (χ3v) is 1.68. The van der Waals surface area contributed by atoms with Crippen LogP contribution in [0.1, 0.15) is 24.0 Å². The van der Waals surface area contributed by atoms with Crippen LogP contribution in [0.3, 0.4) is 0 Å². The summed E-state index contributed by atoms with van der Waals surface area (Å²) in [5, 5.41) is 0. The number of hydrogen-bond acceptors (Lipinski definition) is 0. The Bertz CT molecular complexity index is 612. The van der Waals surface area contributed by atoms with Gasteiger partial charge in [-0.15, -0.1) is 6.42 Å². The van der Waals surface area contributed by atoms with Gasteiger partial charge in [-0.05, 0) is 53.2 Å². The third-order valence-electron chi connectivity index (χ3n) is 1.68. The van der Waals surface area contributed by atoms with E-state index in [2.05, 4.69) is 48.0 Å². The average molecular weight is 218 g/mol. The first-order valence-corrected chi connectivity index (χ1v) is 4.56. The normalized spacial score (nSPS) is 6.69. The van der Waals surface area contributed by atoms with Crippen LogP contribution in [-0.4, -0.2) is 0 Å². The molecule has 0 spiro atoms. The second-order valence-electron chi connectivity index (χ2n) is 2.72. The van der Waals surface area contributed by atoms with Crippen LogP contribution < -0.4 is 0 Å². The highest BCUT2D eigenvalue weighted by Gasteiger charge is 1.85. The molecule has 16 heavy (non-hydrogen) atoms. The minimum atomic E-state index is 0. The summed E-state index contributed by atoms with van der Waals surface area (Å²) < 4.78 is 0. The zero-order valence-corrected chi connectivity index (χ0v) is 8.67. The molecule has 0 fully saturated rings. The quantitative estimate of drug-likeness (QED) is 0.607. The van der Waals surface area contributed by atoms with E-state index in [1.807, 2.05) is 24.3 Å². The van der Waals surface area contributed by atoms with Gasteiger partial charge in [-0.25, -0.2) is 0 Å². The fraction of sp³-hybridized carbons (Fsp3) is 0. The molecule has 0 heterocycles. The van der Waals surface area contributed by atoms with E-state index >= 15 is 0 Å². The van der Waals surface area contributed by atoms with E-state index in [-0.39, 0.29) is 12.8 Å². The van der Waals surface area contributed by atoms with Crippen molar-refractivity contribution in [3.63, 3.8) is 0 Å². The number of benzene rings is 1. The lowest BCUT2D eigenvalue weighted by Crippen LogP contribution is -1.74. The van der Waals surface area contributed by atoms with Crippen molar-refractivity contribution in [3.05, 3.63) is 42.0 Å². The summed E-state index contributed by atoms with van der Waals surface area (Å²) in [5.41, 5.74) is 1.97. The lowest BCUT2D eigenvalue weighted by Gasteiger charge is -1.91. The van der Waals surface area contributed by atoms with Gasteiger partial charge in [-0.3, -0.25) is 0 Å². The largest absolute Gasteiger partial charge is 0.106 e. The first-order valence-electron chi connectivity index (χ1n) is 4.56. The van der Waals surface area contributed by atoms with Crippen molar-refractivity contribution in [2.75, 3.05) is 0 Å². The molecule has 0 saturated carbocycles. The number of hydrogen-bond donors (Lipinski definition) is 0. The predicted octanol–water partition coefficient (Wildman–Crippen LogP) is 4.54. The average Bonchev–Trinajstić information content (AvgIpc) is 2.34. The van der Waals surface area contributed by atoms with Crippen molar-refractivity contribution in [1.82, 2.24) is 0 Å². The Balaban J connectivity index is -0.0000000406. The molecule has 0 bridgehead atoms. The van der Waals surface area contributed by atoms with Crippen molar-refractivity contribution in [2.24, 2.45) is 0 Å². The molecule has 90 valence electrons. The van der Waals surface area contributed by atoms with Crippen LogP contribution >= 0.6 is 0 Å². The molecule has 0 amide bonds. The second-order valence-corrected chi connectivity index (χ2v) is 2.72. The van der Waals surface area contributed by atoms with E-state index in [1.54, 1.807) is 6.08 Å². The van der Waals surface area contributed by atoms with Gasteiger partial charge in [0.15, 0.2) is 0 Å². The molecule has 0 aromatic heterocycles. The molecule has 0 radical (unpaired) electrons. The molecule has 0 N–H and O–H groups in total. The van der Waals surface area contributed by atoms with Gasteiger partial charge >= 0.3 is 0 Å². The lowest BCUT2D eigenvalue weighted by atomic mass is 10.1. The summed E-state index contributed by atoms with van der Waals surface area (Å²) in [4.78, 5) is 0. The van der Waals surface area contributed by atoms with Gasteiger partial charge in [0.25, 0.3) is 0 Å². The van der Waals surface area contributed by atoms with Gasteiger partial charge < -0.3 is 0 Å². The molecule has 0 heteroatoms. The summed E-state index contributed by atoms with van der Waals surface area (Å²) in [6.45, 7) is 3.67. The van der Waals surface area contributed by atoms with Crippen LogP contribution in [0, 0.1) is 47.9 Å². The predicted molar refractivity (Wildman–Crippen MR) is 86.8 cm³/mol. The fourth-order valence-electron chi connectivity index (χ4n) is 0.936. The highest BCUT2D eigenvalue weighted by atomic mass is 13.9. The molecule has 1 aromatic carbocycles. The van der Waals surface area contributed by atoms with Crippen LogP contribution in [0.5, 0.6) is 0 Å². The summed E-state index contributed by atoms with van der Waals surface area (Å²) in [7, 11) is 0. The van der Waals surface area contributed by atoms with E-state index in [9.17, 15) is 0 Å². The molecular formula is C16H26. The molecule has 1 rings (SSSR count). The molecule has 0 unspecified atom stereocenters.